The average Bonchev–Trinajstić information content (AvgIpc) is 3.36. The van der Waals surface area contributed by atoms with Gasteiger partial charge in [-0.15, -0.1) is 0 Å². The van der Waals surface area contributed by atoms with Gasteiger partial charge in [0.25, 0.3) is 6.43 Å². The number of alkyl carbamates (subject to hydrolysis) is 1. The van der Waals surface area contributed by atoms with E-state index in [4.69, 9.17) is 4.74 Å². The smallest absolute Gasteiger partial charge is 0.407 e. The van der Waals surface area contributed by atoms with Crippen LogP contribution in [0.1, 0.15) is 38.3 Å². The standard InChI is InChI=1S/C23H24F2N6O2/c1-23(2,3)33-22(32)26-9-15-6-5-14(7-18(15)21(24)25)20-19-8-16(12-31(19)29-13-27-20)17-10-28-30(4)11-17/h5-8,10-13,21H,9H2,1-4H3,(H,26,32). The minimum Gasteiger partial charge on any atom is -0.444 e. The lowest BCUT2D eigenvalue weighted by Crippen LogP contribution is -2.32. The van der Waals surface area contributed by atoms with Crippen LogP contribution in [0.25, 0.3) is 27.9 Å². The summed E-state index contributed by atoms with van der Waals surface area (Å²) in [4.78, 5) is 16.3. The minimum absolute atomic E-state index is 0.0790. The van der Waals surface area contributed by atoms with Crippen LogP contribution in [0, 0.1) is 0 Å². The molecule has 0 aliphatic rings. The number of aryl methyl sites for hydroxylation is 1. The molecule has 0 radical (unpaired) electrons. The van der Waals surface area contributed by atoms with E-state index in [0.29, 0.717) is 22.3 Å². The molecule has 0 saturated carbocycles. The molecule has 0 aliphatic heterocycles. The van der Waals surface area contributed by atoms with Crippen molar-refractivity contribution in [1.29, 1.82) is 0 Å². The van der Waals surface area contributed by atoms with E-state index in [0.717, 1.165) is 11.1 Å². The first-order valence-electron chi connectivity index (χ1n) is 10.3. The number of carbonyl (C=O) groups is 1. The molecule has 0 fully saturated rings. The summed E-state index contributed by atoms with van der Waals surface area (Å²) in [7, 11) is 1.83. The first kappa shape index (κ1) is 22.4. The van der Waals surface area contributed by atoms with Crippen LogP contribution in [0.2, 0.25) is 0 Å². The Bertz CT molecular complexity index is 1310. The molecule has 0 spiro atoms. The number of nitrogens with zero attached hydrogens (tertiary/aromatic N) is 5. The molecule has 8 nitrogen and oxygen atoms in total. The Kier molecular flexibility index (Phi) is 5.84. The van der Waals surface area contributed by atoms with E-state index in [1.54, 1.807) is 48.3 Å². The third-order valence-corrected chi connectivity index (χ3v) is 4.92. The second-order valence-corrected chi connectivity index (χ2v) is 8.64. The lowest BCUT2D eigenvalue weighted by molar-refractivity contribution is 0.0522. The van der Waals surface area contributed by atoms with Crippen molar-refractivity contribution in [3.63, 3.8) is 0 Å². The predicted molar refractivity (Wildman–Crippen MR) is 119 cm³/mol. The van der Waals surface area contributed by atoms with Gasteiger partial charge in [-0.1, -0.05) is 12.1 Å². The molecule has 10 heteroatoms. The molecule has 33 heavy (non-hydrogen) atoms. The molecule has 0 atom stereocenters. The highest BCUT2D eigenvalue weighted by Crippen LogP contribution is 2.32. The molecule has 3 aromatic heterocycles. The van der Waals surface area contributed by atoms with Gasteiger partial charge in [0.1, 0.15) is 11.9 Å². The summed E-state index contributed by atoms with van der Waals surface area (Å²) in [6.07, 6.45) is 3.45. The zero-order valence-electron chi connectivity index (χ0n) is 18.7. The summed E-state index contributed by atoms with van der Waals surface area (Å²) in [5.41, 5.74) is 2.96. The quantitative estimate of drug-likeness (QED) is 0.470. The zero-order valence-corrected chi connectivity index (χ0v) is 18.7. The van der Waals surface area contributed by atoms with Crippen molar-refractivity contribution in [1.82, 2.24) is 29.7 Å². The van der Waals surface area contributed by atoms with E-state index >= 15 is 0 Å². The predicted octanol–water partition coefficient (Wildman–Crippen LogP) is 4.76. The van der Waals surface area contributed by atoms with Gasteiger partial charge < -0.3 is 10.1 Å². The van der Waals surface area contributed by atoms with E-state index < -0.39 is 18.1 Å². The Morgan fingerprint density at radius 2 is 1.91 bits per heavy atom. The van der Waals surface area contributed by atoms with Crippen LogP contribution in [0.15, 0.2) is 49.2 Å². The number of halogens is 2. The van der Waals surface area contributed by atoms with Gasteiger partial charge in [0, 0.05) is 48.2 Å². The number of rotatable bonds is 5. The van der Waals surface area contributed by atoms with Gasteiger partial charge >= 0.3 is 6.09 Å². The van der Waals surface area contributed by atoms with Crippen molar-refractivity contribution in [2.24, 2.45) is 7.05 Å². The van der Waals surface area contributed by atoms with Crippen LogP contribution < -0.4 is 5.32 Å². The first-order valence-corrected chi connectivity index (χ1v) is 10.3. The van der Waals surface area contributed by atoms with Gasteiger partial charge in [-0.05, 0) is 38.5 Å². The third kappa shape index (κ3) is 5.00. The fourth-order valence-corrected chi connectivity index (χ4v) is 3.47. The molecule has 1 N–H and O–H groups in total. The second kappa shape index (κ2) is 8.61. The summed E-state index contributed by atoms with van der Waals surface area (Å²) >= 11 is 0. The van der Waals surface area contributed by atoms with Gasteiger partial charge in [0.2, 0.25) is 0 Å². The van der Waals surface area contributed by atoms with Crippen molar-refractivity contribution < 1.29 is 18.3 Å². The molecule has 1 aromatic carbocycles. The van der Waals surface area contributed by atoms with Crippen LogP contribution in [0.5, 0.6) is 0 Å². The molecule has 0 unspecified atom stereocenters. The molecule has 172 valence electrons. The maximum Gasteiger partial charge on any atom is 0.407 e. The number of hydrogen-bond acceptors (Lipinski definition) is 5. The second-order valence-electron chi connectivity index (χ2n) is 8.64. The summed E-state index contributed by atoms with van der Waals surface area (Å²) in [5, 5.41) is 11.0. The Morgan fingerprint density at radius 3 is 2.58 bits per heavy atom. The van der Waals surface area contributed by atoms with Crippen molar-refractivity contribution in [3.05, 3.63) is 60.3 Å². The normalized spacial score (nSPS) is 11.8. The topological polar surface area (TPSA) is 86.3 Å². The number of fused-ring (bicyclic) bond motifs is 1. The molecular formula is C23H24F2N6O2. The maximum absolute atomic E-state index is 13.9. The van der Waals surface area contributed by atoms with E-state index in [1.165, 1.54) is 12.4 Å². The fraction of sp³-hybridized carbons (Fsp3) is 0.304. The number of aromatic nitrogens is 5. The number of nitrogens with one attached hydrogen (secondary N) is 1. The van der Waals surface area contributed by atoms with Gasteiger partial charge in [-0.3, -0.25) is 4.68 Å². The highest BCUT2D eigenvalue weighted by molar-refractivity contribution is 5.81. The van der Waals surface area contributed by atoms with Crippen LogP contribution >= 0.6 is 0 Å². The Hall–Kier alpha value is -3.82. The van der Waals surface area contributed by atoms with Crippen molar-refractivity contribution in [2.45, 2.75) is 39.3 Å². The Balaban J connectivity index is 1.66. The molecule has 4 aromatic rings. The molecule has 1 amide bonds. The Labute approximate surface area is 189 Å². The summed E-state index contributed by atoms with van der Waals surface area (Å²) in [6.45, 7) is 5.12. The summed E-state index contributed by atoms with van der Waals surface area (Å²) in [5.74, 6) is 0. The lowest BCUT2D eigenvalue weighted by Gasteiger charge is -2.20. The number of amides is 1. The molecule has 0 aliphatic carbocycles. The highest BCUT2D eigenvalue weighted by Gasteiger charge is 2.19. The molecule has 4 rings (SSSR count). The van der Waals surface area contributed by atoms with Crippen LogP contribution in [0.4, 0.5) is 13.6 Å². The first-order chi connectivity index (χ1) is 15.6. The highest BCUT2D eigenvalue weighted by atomic mass is 19.3. The van der Waals surface area contributed by atoms with Crippen LogP contribution in [-0.4, -0.2) is 36.1 Å². The van der Waals surface area contributed by atoms with Crippen LogP contribution in [0.3, 0.4) is 0 Å². The molecule has 3 heterocycles. The molecule has 0 saturated heterocycles. The number of alkyl halides is 2. The van der Waals surface area contributed by atoms with E-state index in [1.807, 2.05) is 25.5 Å². The van der Waals surface area contributed by atoms with E-state index in [2.05, 4.69) is 20.5 Å². The van der Waals surface area contributed by atoms with Crippen molar-refractivity contribution in [3.8, 4) is 22.4 Å². The SMILES string of the molecule is Cn1cc(-c2cc3c(-c4ccc(CNC(=O)OC(C)(C)C)c(C(F)F)c4)ncnn3c2)cn1. The van der Waals surface area contributed by atoms with E-state index in [-0.39, 0.29) is 12.1 Å². The van der Waals surface area contributed by atoms with Crippen LogP contribution in [-0.2, 0) is 18.3 Å². The number of hydrogen-bond donors (Lipinski definition) is 1. The molecule has 0 bridgehead atoms. The van der Waals surface area contributed by atoms with E-state index in [9.17, 15) is 13.6 Å². The maximum atomic E-state index is 13.9. The van der Waals surface area contributed by atoms with Crippen molar-refractivity contribution in [2.75, 3.05) is 0 Å². The number of ether oxygens (including phenoxy) is 1. The monoisotopic (exact) mass is 454 g/mol. The van der Waals surface area contributed by atoms with Gasteiger partial charge in [0.05, 0.1) is 17.4 Å². The molecular weight excluding hydrogens is 430 g/mol. The average molecular weight is 454 g/mol. The lowest BCUT2D eigenvalue weighted by atomic mass is 10.0. The third-order valence-electron chi connectivity index (χ3n) is 4.92. The number of carbonyl (C=O) groups excluding carboxylic acids is 1. The van der Waals surface area contributed by atoms with Crippen molar-refractivity contribution >= 4 is 11.6 Å². The van der Waals surface area contributed by atoms with Gasteiger partial charge in [-0.25, -0.2) is 23.1 Å². The summed E-state index contributed by atoms with van der Waals surface area (Å²) in [6, 6.07) is 6.57. The fourth-order valence-electron chi connectivity index (χ4n) is 3.47. The minimum atomic E-state index is -2.73. The van der Waals surface area contributed by atoms with Gasteiger partial charge in [0.15, 0.2) is 0 Å². The Morgan fingerprint density at radius 1 is 1.12 bits per heavy atom. The number of benzene rings is 1. The zero-order chi connectivity index (χ0) is 23.8. The van der Waals surface area contributed by atoms with Gasteiger partial charge in [-0.2, -0.15) is 10.2 Å². The largest absolute Gasteiger partial charge is 0.444 e. The summed E-state index contributed by atoms with van der Waals surface area (Å²) < 4.78 is 36.3.